The molecule has 2 saturated heterocycles. The number of imidazole rings is 1. The fourth-order valence-electron chi connectivity index (χ4n) is 6.51. The molecule has 1 aromatic heterocycles. The van der Waals surface area contributed by atoms with Crippen molar-refractivity contribution in [2.75, 3.05) is 6.54 Å². The Hall–Kier alpha value is -3.20. The minimum atomic E-state index is -0.400. The number of benzene rings is 3. The molecule has 0 spiro atoms. The summed E-state index contributed by atoms with van der Waals surface area (Å²) in [6.07, 6.45) is 3.04. The van der Waals surface area contributed by atoms with Gasteiger partial charge < -0.3 is 23.8 Å². The van der Waals surface area contributed by atoms with Gasteiger partial charge in [0.1, 0.15) is 30.5 Å². The number of nitrogens with one attached hydrogen (secondary N) is 1. The van der Waals surface area contributed by atoms with Crippen molar-refractivity contribution >= 4 is 40.7 Å². The molecular weight excluding hydrogens is 513 g/mol. The highest BCUT2D eigenvalue weighted by molar-refractivity contribution is 6.62. The van der Waals surface area contributed by atoms with Crippen LogP contribution in [0.1, 0.15) is 71.8 Å². The van der Waals surface area contributed by atoms with Gasteiger partial charge in [0.25, 0.3) is 0 Å². The number of nitrogens with zero attached hydrogens (tertiary/aromatic N) is 2. The highest BCUT2D eigenvalue weighted by atomic mass is 16.7. The van der Waals surface area contributed by atoms with E-state index in [-0.39, 0.29) is 23.2 Å². The van der Waals surface area contributed by atoms with Crippen LogP contribution in [0.4, 0.5) is 0 Å². The number of carbonyl (C=O) groups excluding carboxylic acids is 1. The van der Waals surface area contributed by atoms with E-state index in [1.807, 2.05) is 0 Å². The number of hydrogen-bond donors (Lipinski definition) is 1. The van der Waals surface area contributed by atoms with Crippen LogP contribution in [-0.2, 0) is 20.7 Å². The van der Waals surface area contributed by atoms with Crippen molar-refractivity contribution in [3.8, 4) is 16.9 Å². The predicted molar refractivity (Wildman–Crippen MR) is 162 cm³/mol. The molecule has 0 bridgehead atoms. The van der Waals surface area contributed by atoms with E-state index in [9.17, 15) is 4.79 Å². The van der Waals surface area contributed by atoms with Crippen molar-refractivity contribution in [1.82, 2.24) is 14.9 Å². The molecule has 3 aliphatic rings. The lowest BCUT2D eigenvalue weighted by atomic mass is 9.77. The van der Waals surface area contributed by atoms with Gasteiger partial charge in [-0.05, 0) is 86.6 Å². The SMILES string of the molecule is CC(C)[C](C=O)N1CCCC1c1nc2ccc3cc4c(cc3c2[nH]1)OCc1cc(B2OC(C)(C)C(C)(C)O2)ccc1-4. The standard InChI is InChI=1S/C33H37BN3O4/c1-19(2)28(17-38)37-13-7-8-27(37)31-35-26-12-9-20-15-25-23-11-10-22(34-40-32(3,4)33(5,6)41-34)14-21(23)18-39-29(25)16-24(20)30(26)36-31/h9-12,14-17,19,27H,7-8,13,18H2,1-6H3,(H,35,36). The Bertz CT molecular complexity index is 1660. The first-order valence-corrected chi connectivity index (χ1v) is 14.7. The number of fused-ring (bicyclic) bond motifs is 6. The lowest BCUT2D eigenvalue weighted by Gasteiger charge is -2.32. The number of H-pyrrole nitrogens is 1. The zero-order valence-electron chi connectivity index (χ0n) is 24.7. The summed E-state index contributed by atoms with van der Waals surface area (Å²) < 4.78 is 18.9. The predicted octanol–water partition coefficient (Wildman–Crippen LogP) is 6.10. The number of ether oxygens (including phenoxy) is 1. The van der Waals surface area contributed by atoms with Crippen LogP contribution in [0.15, 0.2) is 42.5 Å². The van der Waals surface area contributed by atoms with Crippen LogP contribution in [0.25, 0.3) is 32.9 Å². The number of carbonyl (C=O) groups is 1. The van der Waals surface area contributed by atoms with E-state index in [0.29, 0.717) is 6.61 Å². The van der Waals surface area contributed by atoms with Gasteiger partial charge in [-0.2, -0.15) is 0 Å². The first-order valence-electron chi connectivity index (χ1n) is 14.7. The molecule has 0 aliphatic carbocycles. The number of aromatic nitrogens is 2. The molecular formula is C33H37BN3O4. The topological polar surface area (TPSA) is 76.7 Å². The lowest BCUT2D eigenvalue weighted by molar-refractivity contribution is -0.109. The van der Waals surface area contributed by atoms with Gasteiger partial charge in [-0.15, -0.1) is 0 Å². The number of hydrogen-bond acceptors (Lipinski definition) is 6. The third-order valence-electron chi connectivity index (χ3n) is 9.53. The Morgan fingerprint density at radius 3 is 2.59 bits per heavy atom. The molecule has 0 saturated carbocycles. The summed E-state index contributed by atoms with van der Waals surface area (Å²) in [5.74, 6) is 1.97. The monoisotopic (exact) mass is 550 g/mol. The third kappa shape index (κ3) is 4.22. The molecule has 41 heavy (non-hydrogen) atoms. The highest BCUT2D eigenvalue weighted by Crippen LogP contribution is 2.43. The molecule has 0 amide bonds. The van der Waals surface area contributed by atoms with Crippen LogP contribution < -0.4 is 10.2 Å². The summed E-state index contributed by atoms with van der Waals surface area (Å²) >= 11 is 0. The van der Waals surface area contributed by atoms with Gasteiger partial charge in [0, 0.05) is 17.5 Å². The average Bonchev–Trinajstić information content (AvgIpc) is 3.63. The summed E-state index contributed by atoms with van der Waals surface area (Å²) in [4.78, 5) is 22.8. The van der Waals surface area contributed by atoms with Crippen LogP contribution in [-0.4, -0.2) is 46.0 Å². The van der Waals surface area contributed by atoms with E-state index >= 15 is 0 Å². The molecule has 1 N–H and O–H groups in total. The number of rotatable bonds is 5. The van der Waals surface area contributed by atoms with Gasteiger partial charge in [-0.25, -0.2) is 4.98 Å². The van der Waals surface area contributed by atoms with Crippen molar-refractivity contribution in [3.63, 3.8) is 0 Å². The summed E-state index contributed by atoms with van der Waals surface area (Å²) in [5, 5.41) is 2.22. The Morgan fingerprint density at radius 2 is 1.85 bits per heavy atom. The maximum atomic E-state index is 11.9. The minimum Gasteiger partial charge on any atom is -0.488 e. The summed E-state index contributed by atoms with van der Waals surface area (Å²) in [5.41, 5.74) is 5.57. The van der Waals surface area contributed by atoms with Crippen molar-refractivity contribution < 1.29 is 18.8 Å². The fourth-order valence-corrected chi connectivity index (χ4v) is 6.51. The van der Waals surface area contributed by atoms with E-state index in [2.05, 4.69) is 93.9 Å². The molecule has 1 atom stereocenters. The number of aromatic amines is 1. The van der Waals surface area contributed by atoms with Crippen LogP contribution in [0, 0.1) is 12.0 Å². The first-order chi connectivity index (χ1) is 19.6. The Balaban J connectivity index is 1.24. The molecule has 3 aromatic carbocycles. The molecule has 8 heteroatoms. The van der Waals surface area contributed by atoms with E-state index in [1.54, 1.807) is 0 Å². The quantitative estimate of drug-likeness (QED) is 0.239. The fraction of sp³-hybridized carbons (Fsp3) is 0.424. The van der Waals surface area contributed by atoms with Crippen molar-refractivity contribution in [3.05, 3.63) is 59.9 Å². The van der Waals surface area contributed by atoms with Crippen molar-refractivity contribution in [1.29, 1.82) is 0 Å². The molecule has 7 nitrogen and oxygen atoms in total. The molecule has 4 heterocycles. The molecule has 211 valence electrons. The average molecular weight is 550 g/mol. The molecule has 2 fully saturated rings. The van der Waals surface area contributed by atoms with Gasteiger partial charge in [0.05, 0.1) is 28.3 Å². The maximum Gasteiger partial charge on any atom is 0.494 e. The number of aldehydes is 1. The minimum absolute atomic E-state index is 0.0824. The number of likely N-dealkylation sites (tertiary alicyclic amines) is 1. The Morgan fingerprint density at radius 1 is 1.07 bits per heavy atom. The zero-order valence-corrected chi connectivity index (χ0v) is 24.7. The highest BCUT2D eigenvalue weighted by Gasteiger charge is 2.51. The molecule has 4 aromatic rings. The molecule has 1 unspecified atom stereocenters. The van der Waals surface area contributed by atoms with Crippen molar-refractivity contribution in [2.24, 2.45) is 5.92 Å². The second-order valence-corrected chi connectivity index (χ2v) is 13.0. The maximum absolute atomic E-state index is 11.9. The molecule has 1 radical (unpaired) electrons. The first kappa shape index (κ1) is 26.7. The van der Waals surface area contributed by atoms with Gasteiger partial charge >= 0.3 is 7.12 Å². The van der Waals surface area contributed by atoms with Crippen LogP contribution >= 0.6 is 0 Å². The summed E-state index contributed by atoms with van der Waals surface area (Å²) in [6, 6.07) is 15.9. The summed E-state index contributed by atoms with van der Waals surface area (Å²) in [7, 11) is -0.400. The summed E-state index contributed by atoms with van der Waals surface area (Å²) in [6.45, 7) is 13.8. The second kappa shape index (κ2) is 9.41. The molecule has 7 rings (SSSR count). The van der Waals surface area contributed by atoms with Crippen LogP contribution in [0.2, 0.25) is 0 Å². The van der Waals surface area contributed by atoms with E-state index in [1.165, 1.54) is 5.56 Å². The van der Waals surface area contributed by atoms with Crippen molar-refractivity contribution in [2.45, 2.75) is 78.2 Å². The largest absolute Gasteiger partial charge is 0.494 e. The smallest absolute Gasteiger partial charge is 0.488 e. The second-order valence-electron chi connectivity index (χ2n) is 13.0. The zero-order chi connectivity index (χ0) is 28.7. The normalized spacial score (nSPS) is 21.6. The Labute approximate surface area is 241 Å². The molecule has 3 aliphatic heterocycles. The van der Waals surface area contributed by atoms with Gasteiger partial charge in [0.15, 0.2) is 0 Å². The van der Waals surface area contributed by atoms with E-state index in [0.717, 1.165) is 81.7 Å². The van der Waals surface area contributed by atoms with Crippen LogP contribution in [0.5, 0.6) is 5.75 Å². The van der Waals surface area contributed by atoms with Gasteiger partial charge in [-0.3, -0.25) is 4.90 Å². The lowest BCUT2D eigenvalue weighted by Crippen LogP contribution is -2.41. The van der Waals surface area contributed by atoms with E-state index < -0.39 is 7.12 Å². The van der Waals surface area contributed by atoms with E-state index in [4.69, 9.17) is 19.0 Å². The third-order valence-corrected chi connectivity index (χ3v) is 9.53. The van der Waals surface area contributed by atoms with Gasteiger partial charge in [0.2, 0.25) is 0 Å². The van der Waals surface area contributed by atoms with Crippen LogP contribution in [0.3, 0.4) is 0 Å². The Kier molecular flexibility index (Phi) is 6.13. The van der Waals surface area contributed by atoms with Gasteiger partial charge in [-0.1, -0.05) is 38.1 Å².